The summed E-state index contributed by atoms with van der Waals surface area (Å²) in [5.41, 5.74) is 4.06. The fourth-order valence-corrected chi connectivity index (χ4v) is 6.48. The fraction of sp³-hybridized carbons (Fsp3) is 0.400. The van der Waals surface area contributed by atoms with Gasteiger partial charge in [-0.2, -0.15) is 4.31 Å². The van der Waals surface area contributed by atoms with E-state index in [1.807, 2.05) is 24.3 Å². The molecule has 33 heavy (non-hydrogen) atoms. The van der Waals surface area contributed by atoms with E-state index in [-0.39, 0.29) is 0 Å². The zero-order valence-corrected chi connectivity index (χ0v) is 20.9. The lowest BCUT2D eigenvalue weighted by atomic mass is 10.2. The van der Waals surface area contributed by atoms with Crippen LogP contribution in [0.15, 0.2) is 63.8 Å². The molecule has 1 saturated heterocycles. The molecule has 0 spiro atoms. The number of benzene rings is 2. The van der Waals surface area contributed by atoms with Gasteiger partial charge in [-0.3, -0.25) is 0 Å². The maximum absolute atomic E-state index is 13.1. The van der Waals surface area contributed by atoms with Crippen molar-refractivity contribution in [3.05, 3.63) is 64.3 Å². The van der Waals surface area contributed by atoms with Crippen LogP contribution in [-0.4, -0.2) is 44.1 Å². The topological polar surface area (TPSA) is 63.9 Å². The number of aromatic nitrogens is 1. The van der Waals surface area contributed by atoms with Crippen molar-refractivity contribution >= 4 is 27.0 Å². The number of hydrogen-bond donors (Lipinski definition) is 0. The molecule has 1 aliphatic heterocycles. The summed E-state index contributed by atoms with van der Waals surface area (Å²) in [5.74, 6) is 0. The highest BCUT2D eigenvalue weighted by Gasteiger charge is 2.25. The maximum atomic E-state index is 13.1. The van der Waals surface area contributed by atoms with E-state index in [0.29, 0.717) is 31.1 Å². The molecule has 0 radical (unpaired) electrons. The van der Waals surface area contributed by atoms with Crippen molar-refractivity contribution in [2.24, 2.45) is 4.99 Å². The van der Waals surface area contributed by atoms with Crippen molar-refractivity contribution in [3.63, 3.8) is 0 Å². The largest absolute Gasteiger partial charge is 0.383 e. The van der Waals surface area contributed by atoms with E-state index in [4.69, 9.17) is 9.73 Å². The van der Waals surface area contributed by atoms with Gasteiger partial charge in [-0.05, 0) is 49.6 Å². The van der Waals surface area contributed by atoms with Crippen molar-refractivity contribution < 1.29 is 13.2 Å². The Morgan fingerprint density at radius 2 is 1.64 bits per heavy atom. The first-order valence-corrected chi connectivity index (χ1v) is 13.7. The minimum absolute atomic E-state index is 0.358. The minimum Gasteiger partial charge on any atom is -0.383 e. The van der Waals surface area contributed by atoms with E-state index in [9.17, 15) is 8.42 Å². The summed E-state index contributed by atoms with van der Waals surface area (Å²) in [5, 5.41) is 2.07. The van der Waals surface area contributed by atoms with Crippen molar-refractivity contribution in [2.75, 3.05) is 26.8 Å². The summed E-state index contributed by atoms with van der Waals surface area (Å²) < 4.78 is 35.3. The highest BCUT2D eigenvalue weighted by Crippen LogP contribution is 2.25. The van der Waals surface area contributed by atoms with Gasteiger partial charge in [0.05, 0.1) is 22.9 Å². The van der Waals surface area contributed by atoms with Gasteiger partial charge < -0.3 is 9.30 Å². The number of ether oxygens (including phenoxy) is 1. The van der Waals surface area contributed by atoms with Gasteiger partial charge in [0.25, 0.3) is 0 Å². The molecular weight excluding hydrogens is 454 g/mol. The molecule has 0 N–H and O–H groups in total. The molecule has 1 aliphatic rings. The summed E-state index contributed by atoms with van der Waals surface area (Å²) in [6, 6.07) is 15.4. The molecule has 6 nitrogen and oxygen atoms in total. The number of nitrogens with zero attached hydrogens (tertiary/aromatic N) is 3. The average molecular weight is 486 g/mol. The predicted molar refractivity (Wildman–Crippen MR) is 133 cm³/mol. The first-order chi connectivity index (χ1) is 16.0. The number of thiazole rings is 1. The minimum atomic E-state index is -3.46. The molecular formula is C25H31N3O3S2. The third-order valence-corrected chi connectivity index (χ3v) is 8.70. The van der Waals surface area contributed by atoms with E-state index >= 15 is 0 Å². The second-order valence-electron chi connectivity index (χ2n) is 8.34. The van der Waals surface area contributed by atoms with Gasteiger partial charge in [0, 0.05) is 32.1 Å². The number of aryl methyl sites for hydroxylation is 1. The smallest absolute Gasteiger partial charge is 0.243 e. The molecule has 0 aliphatic carbocycles. The number of rotatable bonds is 7. The molecule has 3 aromatic rings. The van der Waals surface area contributed by atoms with Gasteiger partial charge in [-0.25, -0.2) is 13.4 Å². The van der Waals surface area contributed by atoms with Gasteiger partial charge in [0.1, 0.15) is 0 Å². The van der Waals surface area contributed by atoms with Crippen LogP contribution in [0.3, 0.4) is 0 Å². The van der Waals surface area contributed by atoms with Gasteiger partial charge in [0.2, 0.25) is 10.0 Å². The van der Waals surface area contributed by atoms with Crippen LogP contribution in [0.1, 0.15) is 31.2 Å². The standard InChI is InChI=1S/C25H31N3O3S2/c1-20-7-11-22(12-8-20)26-25-28(17-18-31-2)24(19-32-25)21-9-13-23(14-10-21)33(29,30)27-15-5-3-4-6-16-27/h7-14,19H,3-6,15-18H2,1-2H3. The van der Waals surface area contributed by atoms with Crippen LogP contribution in [0.5, 0.6) is 0 Å². The normalized spacial score (nSPS) is 16.1. The predicted octanol–water partition coefficient (Wildman–Crippen LogP) is 4.97. The molecule has 2 heterocycles. The Bertz CT molecular complexity index is 1220. The molecule has 4 rings (SSSR count). The first kappa shape index (κ1) is 23.9. The van der Waals surface area contributed by atoms with Crippen LogP contribution in [0.4, 0.5) is 5.69 Å². The quantitative estimate of drug-likeness (QED) is 0.475. The number of hydrogen-bond acceptors (Lipinski definition) is 5. The van der Waals surface area contributed by atoms with E-state index in [1.165, 1.54) is 5.56 Å². The van der Waals surface area contributed by atoms with Crippen LogP contribution in [0, 0.1) is 6.92 Å². The fourth-order valence-electron chi connectivity index (χ4n) is 4.01. The van der Waals surface area contributed by atoms with Gasteiger partial charge in [0.15, 0.2) is 4.80 Å². The van der Waals surface area contributed by atoms with Crippen LogP contribution >= 0.6 is 11.3 Å². The first-order valence-electron chi connectivity index (χ1n) is 11.4. The Balaban J connectivity index is 1.66. The number of methoxy groups -OCH3 is 1. The molecule has 1 fully saturated rings. The van der Waals surface area contributed by atoms with Crippen LogP contribution < -0.4 is 4.80 Å². The Morgan fingerprint density at radius 1 is 0.970 bits per heavy atom. The summed E-state index contributed by atoms with van der Waals surface area (Å²) in [6.07, 6.45) is 4.05. The molecule has 0 amide bonds. The molecule has 8 heteroatoms. The Hall–Kier alpha value is -2.26. The SMILES string of the molecule is COCCn1c(-c2ccc(S(=O)(=O)N3CCCCCC3)cc2)csc1=Nc1ccc(C)cc1. The lowest BCUT2D eigenvalue weighted by Gasteiger charge is -2.20. The van der Waals surface area contributed by atoms with Gasteiger partial charge >= 0.3 is 0 Å². The second kappa shape index (κ2) is 10.8. The highest BCUT2D eigenvalue weighted by molar-refractivity contribution is 7.89. The number of sulfonamides is 1. The summed E-state index contributed by atoms with van der Waals surface area (Å²) >= 11 is 1.57. The van der Waals surface area contributed by atoms with Crippen molar-refractivity contribution in [2.45, 2.75) is 44.0 Å². The van der Waals surface area contributed by atoms with Crippen molar-refractivity contribution in [3.8, 4) is 11.3 Å². The van der Waals surface area contributed by atoms with Crippen LogP contribution in [0.25, 0.3) is 11.3 Å². The molecule has 176 valence electrons. The maximum Gasteiger partial charge on any atom is 0.243 e. The summed E-state index contributed by atoms with van der Waals surface area (Å²) in [4.78, 5) is 6.07. The zero-order valence-electron chi connectivity index (χ0n) is 19.2. The van der Waals surface area contributed by atoms with Crippen molar-refractivity contribution in [1.29, 1.82) is 0 Å². The monoisotopic (exact) mass is 485 g/mol. The lowest BCUT2D eigenvalue weighted by Crippen LogP contribution is -2.31. The third kappa shape index (κ3) is 5.63. The van der Waals surface area contributed by atoms with Gasteiger partial charge in [-0.15, -0.1) is 11.3 Å². The highest BCUT2D eigenvalue weighted by atomic mass is 32.2. The Morgan fingerprint density at radius 3 is 2.27 bits per heavy atom. The van der Waals surface area contributed by atoms with E-state index in [1.54, 1.807) is 34.9 Å². The Labute approximate surface area is 200 Å². The lowest BCUT2D eigenvalue weighted by molar-refractivity contribution is 0.187. The van der Waals surface area contributed by atoms with Crippen molar-refractivity contribution in [1.82, 2.24) is 8.87 Å². The average Bonchev–Trinajstić information content (AvgIpc) is 3.01. The van der Waals surface area contributed by atoms with Gasteiger partial charge in [-0.1, -0.05) is 42.7 Å². The second-order valence-corrected chi connectivity index (χ2v) is 11.1. The van der Waals surface area contributed by atoms with Crippen LogP contribution in [-0.2, 0) is 21.3 Å². The van der Waals surface area contributed by atoms with E-state index in [0.717, 1.165) is 47.4 Å². The molecule has 0 bridgehead atoms. The molecule has 1 aromatic heterocycles. The summed E-state index contributed by atoms with van der Waals surface area (Å²) in [6.45, 7) is 4.49. The summed E-state index contributed by atoms with van der Waals surface area (Å²) in [7, 11) is -1.77. The molecule has 0 saturated carbocycles. The van der Waals surface area contributed by atoms with E-state index in [2.05, 4.69) is 29.0 Å². The zero-order chi connectivity index (χ0) is 23.3. The third-order valence-electron chi connectivity index (χ3n) is 5.93. The van der Waals surface area contributed by atoms with Crippen LogP contribution in [0.2, 0.25) is 0 Å². The van der Waals surface area contributed by atoms with E-state index < -0.39 is 10.0 Å². The molecule has 0 atom stereocenters. The molecule has 2 aromatic carbocycles. The molecule has 0 unspecified atom stereocenters. The Kier molecular flexibility index (Phi) is 7.80.